The summed E-state index contributed by atoms with van der Waals surface area (Å²) in [7, 11) is 1.60. The van der Waals surface area contributed by atoms with Gasteiger partial charge < -0.3 is 4.74 Å². The Morgan fingerprint density at radius 3 is 2.44 bits per heavy atom. The van der Waals surface area contributed by atoms with E-state index in [0.29, 0.717) is 12.1 Å². The first kappa shape index (κ1) is 21.2. The van der Waals surface area contributed by atoms with Gasteiger partial charge in [0.15, 0.2) is 0 Å². The van der Waals surface area contributed by atoms with Gasteiger partial charge in [-0.05, 0) is 37.1 Å². The van der Waals surface area contributed by atoms with Crippen LogP contribution in [-0.2, 0) is 11.3 Å². The second-order valence-corrected chi connectivity index (χ2v) is 7.58. The van der Waals surface area contributed by atoms with Crippen molar-refractivity contribution >= 4 is 17.3 Å². The van der Waals surface area contributed by atoms with Crippen LogP contribution in [0, 0.1) is 24.0 Å². The van der Waals surface area contributed by atoms with Crippen molar-refractivity contribution in [1.29, 1.82) is 0 Å². The molecule has 9 nitrogen and oxygen atoms in total. The number of aryl methyl sites for hydroxylation is 1. The van der Waals surface area contributed by atoms with Gasteiger partial charge >= 0.3 is 5.69 Å². The Balaban J connectivity index is 1.66. The second-order valence-electron chi connectivity index (χ2n) is 7.58. The number of nitro groups is 1. The number of rotatable bonds is 6. The summed E-state index contributed by atoms with van der Waals surface area (Å²) in [6.45, 7) is 3.02. The van der Waals surface area contributed by atoms with E-state index in [9.17, 15) is 14.9 Å². The van der Waals surface area contributed by atoms with Crippen molar-refractivity contribution in [3.63, 3.8) is 0 Å². The first-order valence-electron chi connectivity index (χ1n) is 10.2. The molecule has 1 aliphatic rings. The van der Waals surface area contributed by atoms with E-state index in [1.807, 2.05) is 54.6 Å². The zero-order valence-corrected chi connectivity index (χ0v) is 18.1. The topological polar surface area (TPSA) is 103 Å². The van der Waals surface area contributed by atoms with Crippen LogP contribution in [0.25, 0.3) is 0 Å². The smallest absolute Gasteiger partial charge is 0.312 e. The minimum Gasteiger partial charge on any atom is -0.497 e. The normalized spacial score (nSPS) is 15.5. The van der Waals surface area contributed by atoms with E-state index in [1.165, 1.54) is 9.69 Å². The summed E-state index contributed by atoms with van der Waals surface area (Å²) < 4.78 is 6.62. The second kappa shape index (κ2) is 8.62. The van der Waals surface area contributed by atoms with Crippen LogP contribution in [-0.4, -0.2) is 38.4 Å². The molecule has 0 unspecified atom stereocenters. The Morgan fingerprint density at radius 2 is 1.84 bits per heavy atom. The fourth-order valence-electron chi connectivity index (χ4n) is 3.94. The van der Waals surface area contributed by atoms with Gasteiger partial charge in [-0.25, -0.2) is 5.01 Å². The highest BCUT2D eigenvalue weighted by molar-refractivity contribution is 6.03. The van der Waals surface area contributed by atoms with Gasteiger partial charge in [0.25, 0.3) is 5.91 Å². The predicted octanol–water partition coefficient (Wildman–Crippen LogP) is 3.79. The number of carbonyl (C=O) groups is 1. The van der Waals surface area contributed by atoms with Crippen LogP contribution < -0.4 is 4.74 Å². The Kier molecular flexibility index (Phi) is 5.72. The van der Waals surface area contributed by atoms with E-state index in [2.05, 4.69) is 10.2 Å². The average molecular weight is 433 g/mol. The SMILES string of the molecule is COc1ccc([C@H]2CC(c3ccccc3)=NN2C(=O)Cn2nc(C)c([N+](=O)[O-])c2C)cc1. The maximum atomic E-state index is 13.3. The van der Waals surface area contributed by atoms with E-state index in [4.69, 9.17) is 4.74 Å². The highest BCUT2D eigenvalue weighted by Gasteiger charge is 2.34. The maximum Gasteiger partial charge on any atom is 0.312 e. The third kappa shape index (κ3) is 3.96. The molecule has 9 heteroatoms. The molecule has 0 fully saturated rings. The molecule has 1 atom stereocenters. The van der Waals surface area contributed by atoms with Gasteiger partial charge in [-0.3, -0.25) is 19.6 Å². The number of amides is 1. The molecule has 1 aliphatic heterocycles. The molecular formula is C23H23N5O4. The number of ether oxygens (including phenoxy) is 1. The average Bonchev–Trinajstić information content (AvgIpc) is 3.36. The molecule has 0 radical (unpaired) electrons. The lowest BCUT2D eigenvalue weighted by Crippen LogP contribution is -2.31. The van der Waals surface area contributed by atoms with Crippen molar-refractivity contribution in [2.45, 2.75) is 32.9 Å². The summed E-state index contributed by atoms with van der Waals surface area (Å²) in [6.07, 6.45) is 0.555. The molecule has 1 amide bonds. The lowest BCUT2D eigenvalue weighted by molar-refractivity contribution is -0.386. The number of nitrogens with zero attached hydrogens (tertiary/aromatic N) is 5. The summed E-state index contributed by atoms with van der Waals surface area (Å²) in [4.78, 5) is 24.1. The van der Waals surface area contributed by atoms with E-state index in [-0.39, 0.29) is 29.9 Å². The van der Waals surface area contributed by atoms with Gasteiger partial charge in [0.05, 0.1) is 23.8 Å². The van der Waals surface area contributed by atoms with E-state index in [0.717, 1.165) is 22.6 Å². The van der Waals surface area contributed by atoms with E-state index >= 15 is 0 Å². The van der Waals surface area contributed by atoms with Gasteiger partial charge in [-0.15, -0.1) is 0 Å². The molecule has 2 aromatic carbocycles. The summed E-state index contributed by atoms with van der Waals surface area (Å²) in [6, 6.07) is 17.0. The molecule has 0 N–H and O–H groups in total. The highest BCUT2D eigenvalue weighted by atomic mass is 16.6. The molecule has 3 aromatic rings. The van der Waals surface area contributed by atoms with E-state index < -0.39 is 4.92 Å². The van der Waals surface area contributed by atoms with Crippen LogP contribution in [0.1, 0.15) is 35.0 Å². The van der Waals surface area contributed by atoms with Crippen LogP contribution >= 0.6 is 0 Å². The highest BCUT2D eigenvalue weighted by Crippen LogP contribution is 2.34. The van der Waals surface area contributed by atoms with Crippen molar-refractivity contribution in [2.24, 2.45) is 5.10 Å². The number of methoxy groups -OCH3 is 1. The van der Waals surface area contributed by atoms with Crippen LogP contribution in [0.2, 0.25) is 0 Å². The molecule has 164 valence electrons. The third-order valence-electron chi connectivity index (χ3n) is 5.58. The molecule has 1 aromatic heterocycles. The first-order valence-corrected chi connectivity index (χ1v) is 10.2. The number of hydrazone groups is 1. The quantitative estimate of drug-likeness (QED) is 0.435. The Bertz CT molecular complexity index is 1190. The van der Waals surface area contributed by atoms with Crippen molar-refractivity contribution in [2.75, 3.05) is 7.11 Å². The third-order valence-corrected chi connectivity index (χ3v) is 5.58. The Morgan fingerprint density at radius 1 is 1.16 bits per heavy atom. The van der Waals surface area contributed by atoms with Crippen molar-refractivity contribution < 1.29 is 14.5 Å². The summed E-state index contributed by atoms with van der Waals surface area (Å²) in [5.74, 6) is 0.432. The first-order chi connectivity index (χ1) is 15.4. The Labute approximate surface area is 185 Å². The monoisotopic (exact) mass is 433 g/mol. The fourth-order valence-corrected chi connectivity index (χ4v) is 3.94. The number of hydrogen-bond donors (Lipinski definition) is 0. The summed E-state index contributed by atoms with van der Waals surface area (Å²) in [5.41, 5.74) is 3.23. The minimum absolute atomic E-state index is 0.0700. The molecule has 0 aliphatic carbocycles. The van der Waals surface area contributed by atoms with E-state index in [1.54, 1.807) is 21.0 Å². The van der Waals surface area contributed by atoms with Crippen molar-refractivity contribution in [3.8, 4) is 5.75 Å². The zero-order chi connectivity index (χ0) is 22.8. The summed E-state index contributed by atoms with van der Waals surface area (Å²) >= 11 is 0. The number of carbonyl (C=O) groups excluding carboxylic acids is 1. The standard InChI is InChI=1S/C23H23N5O4/c1-15-23(28(30)31)16(2)26(24-15)14-22(29)27-21(18-9-11-19(32-3)12-10-18)13-20(25-27)17-7-5-4-6-8-17/h4-12,21H,13-14H2,1-3H3/t21-/m1/s1. The van der Waals surface area contributed by atoms with Crippen LogP contribution in [0.3, 0.4) is 0 Å². The predicted molar refractivity (Wildman–Crippen MR) is 119 cm³/mol. The molecule has 0 saturated heterocycles. The van der Waals surface area contributed by atoms with Gasteiger partial charge in [-0.2, -0.15) is 10.2 Å². The zero-order valence-electron chi connectivity index (χ0n) is 18.1. The minimum atomic E-state index is -0.472. The molecule has 0 bridgehead atoms. The lowest BCUT2D eigenvalue weighted by Gasteiger charge is -2.22. The van der Waals surface area contributed by atoms with Gasteiger partial charge in [0.2, 0.25) is 0 Å². The van der Waals surface area contributed by atoms with Gasteiger partial charge in [0, 0.05) is 6.42 Å². The fraction of sp³-hybridized carbons (Fsp3) is 0.261. The molecule has 4 rings (SSSR count). The number of hydrogen-bond acceptors (Lipinski definition) is 6. The lowest BCUT2D eigenvalue weighted by atomic mass is 9.98. The number of benzene rings is 2. The summed E-state index contributed by atoms with van der Waals surface area (Å²) in [5, 5.41) is 21.6. The van der Waals surface area contributed by atoms with Crippen molar-refractivity contribution in [3.05, 3.63) is 87.2 Å². The van der Waals surface area contributed by atoms with Crippen molar-refractivity contribution in [1.82, 2.24) is 14.8 Å². The van der Waals surface area contributed by atoms with Crippen LogP contribution in [0.4, 0.5) is 5.69 Å². The molecular weight excluding hydrogens is 410 g/mol. The van der Waals surface area contributed by atoms with Crippen LogP contribution in [0.5, 0.6) is 5.75 Å². The largest absolute Gasteiger partial charge is 0.497 e. The Hall–Kier alpha value is -4.01. The van der Waals surface area contributed by atoms with Gasteiger partial charge in [-0.1, -0.05) is 42.5 Å². The number of aromatic nitrogens is 2. The maximum absolute atomic E-state index is 13.3. The molecule has 0 spiro atoms. The molecule has 32 heavy (non-hydrogen) atoms. The van der Waals surface area contributed by atoms with Gasteiger partial charge in [0.1, 0.15) is 23.7 Å². The molecule has 2 heterocycles. The van der Waals surface area contributed by atoms with Crippen LogP contribution in [0.15, 0.2) is 59.7 Å². The molecule has 0 saturated carbocycles.